The zero-order valence-electron chi connectivity index (χ0n) is 16.8. The van der Waals surface area contributed by atoms with Crippen LogP contribution in [0.3, 0.4) is 0 Å². The van der Waals surface area contributed by atoms with Crippen LogP contribution in [0.1, 0.15) is 5.56 Å². The Kier molecular flexibility index (Phi) is 5.53. The Balaban J connectivity index is 1.72. The van der Waals surface area contributed by atoms with Crippen molar-refractivity contribution in [3.63, 3.8) is 0 Å². The molecule has 0 saturated carbocycles. The number of nitrogens with zero attached hydrogens (tertiary/aromatic N) is 3. The molecule has 3 aromatic carbocycles. The highest BCUT2D eigenvalue weighted by Gasteiger charge is 2.43. The molecule has 0 unspecified atom stereocenters. The summed E-state index contributed by atoms with van der Waals surface area (Å²) >= 11 is 8.28. The molecule has 8 heteroatoms. The third kappa shape index (κ3) is 3.52. The van der Waals surface area contributed by atoms with Crippen molar-refractivity contribution in [1.29, 1.82) is 0 Å². The summed E-state index contributed by atoms with van der Waals surface area (Å²) in [5.74, 6) is -0.486. The van der Waals surface area contributed by atoms with E-state index < -0.39 is 0 Å². The van der Waals surface area contributed by atoms with Gasteiger partial charge in [-0.2, -0.15) is 0 Å². The van der Waals surface area contributed by atoms with E-state index in [1.807, 2.05) is 72.8 Å². The number of carbonyl (C=O) groups excluding carboxylic acids is 2. The molecule has 0 aliphatic carbocycles. The van der Waals surface area contributed by atoms with E-state index >= 15 is 0 Å². The first kappa shape index (κ1) is 21.2. The number of fused-ring (bicyclic) bond motifs is 1. The minimum absolute atomic E-state index is 0.219. The van der Waals surface area contributed by atoms with E-state index in [-0.39, 0.29) is 11.8 Å². The fourth-order valence-corrected chi connectivity index (χ4v) is 6.30. The van der Waals surface area contributed by atoms with Gasteiger partial charge in [0.25, 0.3) is 11.8 Å². The molecule has 0 atom stereocenters. The van der Waals surface area contributed by atoms with Crippen LogP contribution in [0, 0.1) is 0 Å². The van der Waals surface area contributed by atoms with Gasteiger partial charge in [0.1, 0.15) is 0 Å². The lowest BCUT2D eigenvalue weighted by molar-refractivity contribution is -0.115. The lowest BCUT2D eigenvalue weighted by Gasteiger charge is -2.15. The van der Waals surface area contributed by atoms with Crippen molar-refractivity contribution in [3.8, 4) is 0 Å². The van der Waals surface area contributed by atoms with Crippen molar-refractivity contribution in [3.05, 3.63) is 92.2 Å². The average molecular weight is 569 g/mol. The van der Waals surface area contributed by atoms with Crippen LogP contribution in [0.5, 0.6) is 0 Å². The fraction of sp³-hybridized carbons (Fsp3) is 0.0417. The normalized spacial score (nSPS) is 19.3. The molecule has 0 spiro atoms. The first-order valence-electron chi connectivity index (χ1n) is 9.68. The molecule has 0 N–H and O–H groups in total. The molecule has 0 bridgehead atoms. The molecule has 32 heavy (non-hydrogen) atoms. The van der Waals surface area contributed by atoms with Crippen molar-refractivity contribution in [2.75, 3.05) is 16.8 Å². The van der Waals surface area contributed by atoms with E-state index in [0.717, 1.165) is 20.3 Å². The van der Waals surface area contributed by atoms with Crippen molar-refractivity contribution in [1.82, 2.24) is 0 Å². The number of rotatable bonds is 2. The summed E-state index contributed by atoms with van der Waals surface area (Å²) in [6.45, 7) is 0. The quantitative estimate of drug-likeness (QED) is 0.338. The van der Waals surface area contributed by atoms with Crippen LogP contribution >= 0.6 is 43.6 Å². The molecule has 0 radical (unpaired) electrons. The van der Waals surface area contributed by atoms with Crippen molar-refractivity contribution in [2.24, 2.45) is 4.99 Å². The number of hydrogen-bond donors (Lipinski definition) is 0. The first-order valence-corrected chi connectivity index (χ1v) is 12.1. The number of carbonyl (C=O) groups is 2. The Morgan fingerprint density at radius 1 is 0.875 bits per heavy atom. The maximum Gasteiger partial charge on any atom is 0.272 e. The van der Waals surface area contributed by atoms with Crippen molar-refractivity contribution in [2.45, 2.75) is 0 Å². The second kappa shape index (κ2) is 8.35. The summed E-state index contributed by atoms with van der Waals surface area (Å²) in [6.07, 6.45) is 0. The van der Waals surface area contributed by atoms with E-state index in [4.69, 9.17) is 4.99 Å². The molecule has 2 amide bonds. The molecule has 1 saturated heterocycles. The lowest BCUT2D eigenvalue weighted by atomic mass is 10.1. The van der Waals surface area contributed by atoms with E-state index in [1.54, 1.807) is 16.8 Å². The number of hydrogen-bond acceptors (Lipinski definition) is 4. The van der Waals surface area contributed by atoms with Gasteiger partial charge in [-0.15, -0.1) is 0 Å². The van der Waals surface area contributed by atoms with Gasteiger partial charge < -0.3 is 4.90 Å². The summed E-state index contributed by atoms with van der Waals surface area (Å²) in [4.78, 5) is 35.2. The maximum atomic E-state index is 13.7. The second-order valence-corrected chi connectivity index (χ2v) is 9.91. The van der Waals surface area contributed by atoms with Crippen LogP contribution < -0.4 is 9.80 Å². The minimum atomic E-state index is -0.267. The zero-order chi connectivity index (χ0) is 22.4. The highest BCUT2D eigenvalue weighted by atomic mass is 79.9. The third-order valence-corrected chi connectivity index (χ3v) is 7.26. The third-order valence-electron chi connectivity index (χ3n) is 5.16. The molecular weight excluding hydrogens is 554 g/mol. The number of aliphatic imine (C=N–C) groups is 1. The standard InChI is InChI=1S/C24H15Br2N3O2S/c1-28-20-17(12-14(25)13-18(20)26)19(22(28)30)21-23(31)29(16-10-6-3-7-11-16)24(32-21)27-15-8-4-2-5-9-15/h2-13H,1H3/b21-19+,27-24?. The van der Waals surface area contributed by atoms with Crippen LogP contribution in [0.25, 0.3) is 5.57 Å². The Bertz CT molecular complexity index is 1320. The van der Waals surface area contributed by atoms with E-state index in [1.165, 1.54) is 11.8 Å². The molecule has 5 rings (SSSR count). The van der Waals surface area contributed by atoms with Gasteiger partial charge >= 0.3 is 0 Å². The molecule has 3 aromatic rings. The minimum Gasteiger partial charge on any atom is -0.310 e. The monoisotopic (exact) mass is 567 g/mol. The predicted molar refractivity (Wildman–Crippen MR) is 137 cm³/mol. The second-order valence-electron chi connectivity index (χ2n) is 7.16. The zero-order valence-corrected chi connectivity index (χ0v) is 20.7. The number of anilines is 2. The molecule has 2 aliphatic rings. The molecule has 2 heterocycles. The lowest BCUT2D eigenvalue weighted by Crippen LogP contribution is -2.29. The summed E-state index contributed by atoms with van der Waals surface area (Å²) in [7, 11) is 1.71. The SMILES string of the molecule is CN1C(=O)/C(=C2/SC(=Nc3ccccc3)N(c3ccccc3)C2=O)c2cc(Br)cc(Br)c21. The first-order chi connectivity index (χ1) is 15.5. The molecule has 2 aliphatic heterocycles. The number of halogens is 2. The largest absolute Gasteiger partial charge is 0.310 e. The van der Waals surface area contributed by atoms with Crippen LogP contribution in [0.4, 0.5) is 17.1 Å². The summed E-state index contributed by atoms with van der Waals surface area (Å²) in [5, 5.41) is 0.507. The highest BCUT2D eigenvalue weighted by Crippen LogP contribution is 2.48. The van der Waals surface area contributed by atoms with Gasteiger partial charge in [-0.1, -0.05) is 52.3 Å². The van der Waals surface area contributed by atoms with E-state index in [9.17, 15) is 9.59 Å². The van der Waals surface area contributed by atoms with Gasteiger partial charge in [-0.3, -0.25) is 14.5 Å². The molecule has 158 valence electrons. The number of likely N-dealkylation sites (N-methyl/N-ethyl adjacent to an activating group) is 1. The van der Waals surface area contributed by atoms with Gasteiger partial charge in [0.05, 0.1) is 27.5 Å². The summed E-state index contributed by atoms with van der Waals surface area (Å²) in [6, 6.07) is 22.6. The predicted octanol–water partition coefficient (Wildman–Crippen LogP) is 6.37. The van der Waals surface area contributed by atoms with Crippen molar-refractivity contribution < 1.29 is 9.59 Å². The van der Waals surface area contributed by atoms with Gasteiger partial charge in [-0.05, 0) is 64.1 Å². The van der Waals surface area contributed by atoms with Gasteiger partial charge in [0.2, 0.25) is 0 Å². The Morgan fingerprint density at radius 3 is 2.22 bits per heavy atom. The number of benzene rings is 3. The van der Waals surface area contributed by atoms with Crippen molar-refractivity contribution >= 4 is 83.2 Å². The highest BCUT2D eigenvalue weighted by molar-refractivity contribution is 9.11. The van der Waals surface area contributed by atoms with E-state index in [0.29, 0.717) is 26.9 Å². The molecular formula is C24H15Br2N3O2S. The maximum absolute atomic E-state index is 13.7. The van der Waals surface area contributed by atoms with Crippen LogP contribution in [-0.4, -0.2) is 24.0 Å². The average Bonchev–Trinajstić information content (AvgIpc) is 3.22. The van der Waals surface area contributed by atoms with E-state index in [2.05, 4.69) is 31.9 Å². The summed E-state index contributed by atoms with van der Waals surface area (Å²) < 4.78 is 1.60. The van der Waals surface area contributed by atoms with Crippen LogP contribution in [0.2, 0.25) is 0 Å². The number of amidine groups is 1. The van der Waals surface area contributed by atoms with Gasteiger partial charge in [0.15, 0.2) is 5.17 Å². The summed E-state index contributed by atoms with van der Waals surface area (Å²) in [5.41, 5.74) is 3.27. The molecule has 1 fully saturated rings. The fourth-order valence-electron chi connectivity index (χ4n) is 3.72. The topological polar surface area (TPSA) is 53.0 Å². The molecule has 0 aromatic heterocycles. The number of para-hydroxylation sites is 2. The smallest absolute Gasteiger partial charge is 0.272 e. The Hall–Kier alpha value is -2.68. The van der Waals surface area contributed by atoms with Crippen LogP contribution in [-0.2, 0) is 9.59 Å². The molecule has 5 nitrogen and oxygen atoms in total. The number of thioether (sulfide) groups is 1. The Morgan fingerprint density at radius 2 is 1.53 bits per heavy atom. The Labute approximate surface area is 206 Å². The van der Waals surface area contributed by atoms with Gasteiger partial charge in [0, 0.05) is 21.6 Å². The number of amides is 2. The van der Waals surface area contributed by atoms with Crippen LogP contribution in [0.15, 0.2) is 91.6 Å². The van der Waals surface area contributed by atoms with Gasteiger partial charge in [-0.25, -0.2) is 4.99 Å².